The lowest BCUT2D eigenvalue weighted by Crippen LogP contribution is -1.97. The molecule has 2 nitrogen and oxygen atoms in total. The maximum atomic E-state index is 13.5. The fourth-order valence-corrected chi connectivity index (χ4v) is 3.00. The van der Waals surface area contributed by atoms with Crippen LogP contribution in [0.25, 0.3) is 32.9 Å². The van der Waals surface area contributed by atoms with E-state index in [2.05, 4.69) is 4.98 Å². The van der Waals surface area contributed by atoms with Crippen molar-refractivity contribution in [3.8, 4) is 11.1 Å². The van der Waals surface area contributed by atoms with Crippen molar-refractivity contribution in [2.24, 2.45) is 0 Å². The quantitative estimate of drug-likeness (QED) is 0.442. The third-order valence-electron chi connectivity index (χ3n) is 4.00. The van der Waals surface area contributed by atoms with E-state index in [9.17, 15) is 17.6 Å². The first-order chi connectivity index (χ1) is 11.5. The Bertz CT molecular complexity index is 1050. The maximum Gasteiger partial charge on any atom is 0.319 e. The van der Waals surface area contributed by atoms with Crippen molar-refractivity contribution < 1.29 is 17.6 Å². The van der Waals surface area contributed by atoms with Gasteiger partial charge >= 0.3 is 6.55 Å². The molecular weight excluding hydrogens is 320 g/mol. The van der Waals surface area contributed by atoms with Crippen LogP contribution in [0.3, 0.4) is 0 Å². The van der Waals surface area contributed by atoms with Gasteiger partial charge in [0, 0.05) is 29.2 Å². The summed E-state index contributed by atoms with van der Waals surface area (Å²) in [5, 5.41) is 1.21. The summed E-state index contributed by atoms with van der Waals surface area (Å²) in [5.74, 6) is -1.44. The number of halogens is 4. The van der Waals surface area contributed by atoms with Gasteiger partial charge in [0.25, 0.3) is 0 Å². The third kappa shape index (κ3) is 2.22. The fraction of sp³-hybridized carbons (Fsp3) is 0.0556. The Labute approximate surface area is 134 Å². The molecule has 0 atom stereocenters. The number of fused-ring (bicyclic) bond motifs is 3. The number of hydrogen-bond acceptors (Lipinski definition) is 1. The number of pyridine rings is 1. The normalized spacial score (nSPS) is 11.7. The van der Waals surface area contributed by atoms with Crippen molar-refractivity contribution in [1.29, 1.82) is 0 Å². The smallest absolute Gasteiger partial charge is 0.284 e. The second-order valence-electron chi connectivity index (χ2n) is 5.43. The molecule has 0 N–H and O–H groups in total. The van der Waals surface area contributed by atoms with Gasteiger partial charge in [0.05, 0.1) is 11.0 Å². The highest BCUT2D eigenvalue weighted by molar-refractivity contribution is 6.08. The van der Waals surface area contributed by atoms with Crippen molar-refractivity contribution in [1.82, 2.24) is 9.55 Å². The first kappa shape index (κ1) is 14.7. The van der Waals surface area contributed by atoms with Gasteiger partial charge in [-0.3, -0.25) is 9.55 Å². The number of rotatable bonds is 2. The number of hydrogen-bond donors (Lipinski definition) is 0. The number of alkyl halides is 2. The zero-order valence-electron chi connectivity index (χ0n) is 12.2. The lowest BCUT2D eigenvalue weighted by atomic mass is 10.0. The van der Waals surface area contributed by atoms with E-state index in [-0.39, 0.29) is 5.52 Å². The van der Waals surface area contributed by atoms with E-state index in [0.29, 0.717) is 27.4 Å². The van der Waals surface area contributed by atoms with E-state index in [0.717, 1.165) is 10.6 Å². The molecule has 4 aromatic rings. The fourth-order valence-electron chi connectivity index (χ4n) is 3.00. The van der Waals surface area contributed by atoms with Crippen molar-refractivity contribution >= 4 is 21.8 Å². The molecule has 0 amide bonds. The summed E-state index contributed by atoms with van der Waals surface area (Å²) in [7, 11) is 0. The number of aromatic nitrogens is 2. The molecule has 0 spiro atoms. The van der Waals surface area contributed by atoms with Crippen molar-refractivity contribution in [3.05, 3.63) is 66.5 Å². The summed E-state index contributed by atoms with van der Waals surface area (Å²) in [4.78, 5) is 3.98. The van der Waals surface area contributed by atoms with Gasteiger partial charge in [0.15, 0.2) is 0 Å². The van der Waals surface area contributed by atoms with Crippen LogP contribution in [0, 0.1) is 11.6 Å². The average Bonchev–Trinajstić information content (AvgIpc) is 2.87. The molecule has 0 bridgehead atoms. The Morgan fingerprint density at radius 2 is 1.54 bits per heavy atom. The molecule has 0 aliphatic heterocycles. The third-order valence-corrected chi connectivity index (χ3v) is 4.00. The molecule has 2 aromatic carbocycles. The van der Waals surface area contributed by atoms with Crippen molar-refractivity contribution in [2.45, 2.75) is 6.55 Å². The number of benzene rings is 2. The summed E-state index contributed by atoms with van der Waals surface area (Å²) in [6.07, 6.45) is 2.97. The topological polar surface area (TPSA) is 17.8 Å². The van der Waals surface area contributed by atoms with E-state index in [1.165, 1.54) is 36.7 Å². The predicted octanol–water partition coefficient (Wildman–Crippen LogP) is 5.53. The molecule has 0 fully saturated rings. The summed E-state index contributed by atoms with van der Waals surface area (Å²) >= 11 is 0. The van der Waals surface area contributed by atoms with Gasteiger partial charge in [-0.1, -0.05) is 12.1 Å². The van der Waals surface area contributed by atoms with Crippen LogP contribution >= 0.6 is 0 Å². The Balaban J connectivity index is 2.04. The van der Waals surface area contributed by atoms with Crippen molar-refractivity contribution in [2.75, 3.05) is 0 Å². The minimum absolute atomic E-state index is 0.287. The molecule has 2 aromatic heterocycles. The molecule has 0 radical (unpaired) electrons. The van der Waals surface area contributed by atoms with Gasteiger partial charge in [0.2, 0.25) is 0 Å². The Morgan fingerprint density at radius 3 is 2.25 bits per heavy atom. The molecule has 0 unspecified atom stereocenters. The second-order valence-corrected chi connectivity index (χ2v) is 5.43. The first-order valence-electron chi connectivity index (χ1n) is 7.17. The zero-order valence-corrected chi connectivity index (χ0v) is 12.2. The minimum atomic E-state index is -2.74. The predicted molar refractivity (Wildman–Crippen MR) is 83.8 cm³/mol. The van der Waals surface area contributed by atoms with Crippen LogP contribution in [0.5, 0.6) is 0 Å². The van der Waals surface area contributed by atoms with Crippen LogP contribution in [-0.2, 0) is 0 Å². The molecular formula is C18H10F4N2. The zero-order chi connectivity index (χ0) is 16.8. The maximum absolute atomic E-state index is 13.5. The Kier molecular flexibility index (Phi) is 3.26. The highest BCUT2D eigenvalue weighted by Gasteiger charge is 2.17. The standard InChI is InChI=1S/C18H10F4N2/c19-12-5-11(6-13(20)8-12)10-1-2-14-15-9-23-4-3-16(15)24(18(21)22)17(14)7-10/h1-9,18H. The summed E-state index contributed by atoms with van der Waals surface area (Å²) in [6.45, 7) is -2.74. The van der Waals surface area contributed by atoms with E-state index in [1.54, 1.807) is 12.1 Å². The van der Waals surface area contributed by atoms with Crippen LogP contribution in [0.1, 0.15) is 6.55 Å². The molecule has 0 saturated carbocycles. The Hall–Kier alpha value is -2.89. The number of nitrogens with zero attached hydrogens (tertiary/aromatic N) is 2. The first-order valence-corrected chi connectivity index (χ1v) is 7.17. The van der Waals surface area contributed by atoms with Crippen LogP contribution in [0.4, 0.5) is 17.6 Å². The van der Waals surface area contributed by atoms with Crippen LogP contribution in [-0.4, -0.2) is 9.55 Å². The molecule has 0 aliphatic rings. The van der Waals surface area contributed by atoms with Gasteiger partial charge in [-0.25, -0.2) is 8.78 Å². The van der Waals surface area contributed by atoms with Crippen LogP contribution < -0.4 is 0 Å². The molecule has 6 heteroatoms. The van der Waals surface area contributed by atoms with Gasteiger partial charge in [-0.15, -0.1) is 0 Å². The van der Waals surface area contributed by atoms with E-state index in [1.807, 2.05) is 0 Å². The van der Waals surface area contributed by atoms with E-state index >= 15 is 0 Å². The largest absolute Gasteiger partial charge is 0.319 e. The van der Waals surface area contributed by atoms with Gasteiger partial charge in [-0.05, 0) is 35.4 Å². The molecule has 0 aliphatic carbocycles. The average molecular weight is 330 g/mol. The SMILES string of the molecule is Fc1cc(F)cc(-c2ccc3c4cnccc4n(C(F)F)c3c2)c1. The highest BCUT2D eigenvalue weighted by Crippen LogP contribution is 2.35. The lowest BCUT2D eigenvalue weighted by molar-refractivity contribution is 0.0796. The van der Waals surface area contributed by atoms with Crippen LogP contribution in [0.15, 0.2) is 54.9 Å². The Morgan fingerprint density at radius 1 is 0.792 bits per heavy atom. The van der Waals surface area contributed by atoms with E-state index in [4.69, 9.17) is 0 Å². The van der Waals surface area contributed by atoms with Crippen LogP contribution in [0.2, 0.25) is 0 Å². The van der Waals surface area contributed by atoms with Crippen molar-refractivity contribution in [3.63, 3.8) is 0 Å². The second kappa shape index (κ2) is 5.33. The van der Waals surface area contributed by atoms with E-state index < -0.39 is 18.2 Å². The molecule has 120 valence electrons. The molecule has 0 saturated heterocycles. The molecule has 24 heavy (non-hydrogen) atoms. The molecule has 2 heterocycles. The molecule has 4 rings (SSSR count). The summed E-state index contributed by atoms with van der Waals surface area (Å²) in [5.41, 5.74) is 1.39. The monoisotopic (exact) mass is 330 g/mol. The van der Waals surface area contributed by atoms with Gasteiger partial charge in [0.1, 0.15) is 11.6 Å². The summed E-state index contributed by atoms with van der Waals surface area (Å²) in [6, 6.07) is 9.44. The lowest BCUT2D eigenvalue weighted by Gasteiger charge is -2.07. The van der Waals surface area contributed by atoms with Gasteiger partial charge in [-0.2, -0.15) is 8.78 Å². The van der Waals surface area contributed by atoms with Gasteiger partial charge < -0.3 is 0 Å². The summed E-state index contributed by atoms with van der Waals surface area (Å²) < 4.78 is 54.8. The minimum Gasteiger partial charge on any atom is -0.284 e. The highest BCUT2D eigenvalue weighted by atomic mass is 19.3.